The Hall–Kier alpha value is -2.36. The van der Waals surface area contributed by atoms with Gasteiger partial charge in [-0.15, -0.1) is 0 Å². The maximum atomic E-state index is 12.8. The summed E-state index contributed by atoms with van der Waals surface area (Å²) in [5, 5.41) is 0. The summed E-state index contributed by atoms with van der Waals surface area (Å²) in [7, 11) is 1.62. The van der Waals surface area contributed by atoms with Crippen LogP contribution in [0.5, 0.6) is 5.88 Å². The molecule has 0 bridgehead atoms. The second kappa shape index (κ2) is 6.60. The number of ether oxygens (including phenoxy) is 1. The molecule has 1 atom stereocenters. The highest BCUT2D eigenvalue weighted by Gasteiger charge is 2.30. The van der Waals surface area contributed by atoms with E-state index >= 15 is 0 Å². The average molecular weight is 296 g/mol. The first-order valence-electron chi connectivity index (χ1n) is 7.66. The summed E-state index contributed by atoms with van der Waals surface area (Å²) < 4.78 is 5.38. The van der Waals surface area contributed by atoms with Gasteiger partial charge >= 0.3 is 0 Å². The Labute approximate surface area is 130 Å². The van der Waals surface area contributed by atoms with Crippen molar-refractivity contribution in [3.63, 3.8) is 0 Å². The Morgan fingerprint density at radius 3 is 2.77 bits per heavy atom. The molecule has 0 N–H and O–H groups in total. The summed E-state index contributed by atoms with van der Waals surface area (Å²) in [6, 6.07) is 13.4. The monoisotopic (exact) mass is 296 g/mol. The molecule has 114 valence electrons. The molecule has 1 aromatic heterocycles. The number of likely N-dealkylation sites (tertiary alicyclic amines) is 1. The summed E-state index contributed by atoms with van der Waals surface area (Å²) >= 11 is 0. The SMILES string of the molecule is COc1ncccc1[C@H]1CCCCN1C(=O)c1ccccc1. The van der Waals surface area contributed by atoms with Gasteiger partial charge in [0, 0.05) is 23.9 Å². The number of aromatic nitrogens is 1. The highest BCUT2D eigenvalue weighted by atomic mass is 16.5. The fourth-order valence-electron chi connectivity index (χ4n) is 3.07. The maximum Gasteiger partial charge on any atom is 0.254 e. The molecule has 0 unspecified atom stereocenters. The van der Waals surface area contributed by atoms with Crippen LogP contribution in [0.25, 0.3) is 0 Å². The molecule has 0 aliphatic carbocycles. The summed E-state index contributed by atoms with van der Waals surface area (Å²) in [6.45, 7) is 0.774. The molecule has 1 saturated heterocycles. The second-order valence-corrected chi connectivity index (χ2v) is 5.48. The summed E-state index contributed by atoms with van der Waals surface area (Å²) in [4.78, 5) is 19.1. The van der Waals surface area contributed by atoms with Gasteiger partial charge in [0.05, 0.1) is 13.2 Å². The highest BCUT2D eigenvalue weighted by Crippen LogP contribution is 2.35. The Morgan fingerprint density at radius 1 is 1.18 bits per heavy atom. The molecular formula is C18H20N2O2. The minimum Gasteiger partial charge on any atom is -0.481 e. The van der Waals surface area contributed by atoms with Crippen LogP contribution in [0.1, 0.15) is 41.2 Å². The predicted molar refractivity (Wildman–Crippen MR) is 84.9 cm³/mol. The lowest BCUT2D eigenvalue weighted by molar-refractivity contribution is 0.0608. The Morgan fingerprint density at radius 2 is 2.00 bits per heavy atom. The molecule has 0 saturated carbocycles. The fraction of sp³-hybridized carbons (Fsp3) is 0.333. The number of benzene rings is 1. The third kappa shape index (κ3) is 2.82. The van der Waals surface area contributed by atoms with Gasteiger partial charge in [0.2, 0.25) is 5.88 Å². The number of hydrogen-bond donors (Lipinski definition) is 0. The van der Waals surface area contributed by atoms with E-state index in [-0.39, 0.29) is 11.9 Å². The van der Waals surface area contributed by atoms with E-state index in [0.29, 0.717) is 5.88 Å². The van der Waals surface area contributed by atoms with Crippen molar-refractivity contribution in [1.82, 2.24) is 9.88 Å². The van der Waals surface area contributed by atoms with Crippen LogP contribution in [0, 0.1) is 0 Å². The standard InChI is InChI=1S/C18H20N2O2/c1-22-17-15(10-7-12-19-17)16-11-5-6-13-20(16)18(21)14-8-3-2-4-9-14/h2-4,7-10,12,16H,5-6,11,13H2,1H3/t16-/m1/s1. The molecule has 22 heavy (non-hydrogen) atoms. The Balaban J connectivity index is 1.93. The van der Waals surface area contributed by atoms with E-state index in [1.165, 1.54) is 0 Å². The van der Waals surface area contributed by atoms with Crippen molar-refractivity contribution >= 4 is 5.91 Å². The molecule has 1 aliphatic rings. The number of amides is 1. The fourth-order valence-corrected chi connectivity index (χ4v) is 3.07. The van der Waals surface area contributed by atoms with Crippen LogP contribution in [0.4, 0.5) is 0 Å². The summed E-state index contributed by atoms with van der Waals surface area (Å²) in [6.07, 6.45) is 4.81. The van der Waals surface area contributed by atoms with E-state index in [1.54, 1.807) is 13.3 Å². The predicted octanol–water partition coefficient (Wildman–Crippen LogP) is 3.46. The van der Waals surface area contributed by atoms with Crippen molar-refractivity contribution in [2.24, 2.45) is 0 Å². The molecule has 4 nitrogen and oxygen atoms in total. The van der Waals surface area contributed by atoms with Crippen molar-refractivity contribution in [2.75, 3.05) is 13.7 Å². The average Bonchev–Trinajstić information content (AvgIpc) is 2.62. The van der Waals surface area contributed by atoms with Crippen LogP contribution in [0.2, 0.25) is 0 Å². The lowest BCUT2D eigenvalue weighted by Gasteiger charge is -2.36. The van der Waals surface area contributed by atoms with Gasteiger partial charge in [0.15, 0.2) is 0 Å². The van der Waals surface area contributed by atoms with Crippen molar-refractivity contribution in [3.8, 4) is 5.88 Å². The number of nitrogens with zero attached hydrogens (tertiary/aromatic N) is 2. The van der Waals surface area contributed by atoms with Crippen LogP contribution in [0.3, 0.4) is 0 Å². The Bertz CT molecular complexity index is 643. The van der Waals surface area contributed by atoms with Gasteiger partial charge < -0.3 is 9.64 Å². The number of hydrogen-bond acceptors (Lipinski definition) is 3. The van der Waals surface area contributed by atoms with E-state index in [2.05, 4.69) is 4.98 Å². The minimum absolute atomic E-state index is 0.0325. The topological polar surface area (TPSA) is 42.4 Å². The van der Waals surface area contributed by atoms with E-state index < -0.39 is 0 Å². The summed E-state index contributed by atoms with van der Waals surface area (Å²) in [5.74, 6) is 0.691. The molecule has 4 heteroatoms. The van der Waals surface area contributed by atoms with Gasteiger partial charge in [-0.25, -0.2) is 4.98 Å². The van der Waals surface area contributed by atoms with E-state index in [0.717, 1.165) is 36.9 Å². The maximum absolute atomic E-state index is 12.8. The quantitative estimate of drug-likeness (QED) is 0.871. The molecule has 0 spiro atoms. The van der Waals surface area contributed by atoms with E-state index in [4.69, 9.17) is 4.74 Å². The zero-order valence-electron chi connectivity index (χ0n) is 12.7. The van der Waals surface area contributed by atoms with Crippen LogP contribution in [-0.4, -0.2) is 29.4 Å². The second-order valence-electron chi connectivity index (χ2n) is 5.48. The lowest BCUT2D eigenvalue weighted by atomic mass is 9.95. The highest BCUT2D eigenvalue weighted by molar-refractivity contribution is 5.94. The molecule has 1 fully saturated rings. The largest absolute Gasteiger partial charge is 0.481 e. The van der Waals surface area contributed by atoms with Crippen LogP contribution in [0.15, 0.2) is 48.7 Å². The van der Waals surface area contributed by atoms with Gasteiger partial charge in [-0.3, -0.25) is 4.79 Å². The van der Waals surface area contributed by atoms with E-state index in [1.807, 2.05) is 47.4 Å². The zero-order valence-corrected chi connectivity index (χ0v) is 12.7. The van der Waals surface area contributed by atoms with Crippen molar-refractivity contribution in [3.05, 3.63) is 59.8 Å². The molecule has 0 radical (unpaired) electrons. The molecule has 1 aliphatic heterocycles. The van der Waals surface area contributed by atoms with Crippen LogP contribution >= 0.6 is 0 Å². The van der Waals surface area contributed by atoms with Gasteiger partial charge in [-0.1, -0.05) is 24.3 Å². The first kappa shape index (κ1) is 14.6. The molecule has 2 heterocycles. The first-order chi connectivity index (χ1) is 10.8. The van der Waals surface area contributed by atoms with Gasteiger partial charge in [-0.2, -0.15) is 0 Å². The van der Waals surface area contributed by atoms with Gasteiger partial charge in [0.1, 0.15) is 0 Å². The molecule has 1 amide bonds. The van der Waals surface area contributed by atoms with Crippen LogP contribution in [-0.2, 0) is 0 Å². The van der Waals surface area contributed by atoms with Crippen LogP contribution < -0.4 is 4.74 Å². The van der Waals surface area contributed by atoms with Gasteiger partial charge in [0.25, 0.3) is 5.91 Å². The van der Waals surface area contributed by atoms with Crippen molar-refractivity contribution < 1.29 is 9.53 Å². The number of carbonyl (C=O) groups excluding carboxylic acids is 1. The smallest absolute Gasteiger partial charge is 0.254 e. The number of methoxy groups -OCH3 is 1. The number of pyridine rings is 1. The molecule has 2 aromatic rings. The molecule has 1 aromatic carbocycles. The van der Waals surface area contributed by atoms with Crippen molar-refractivity contribution in [1.29, 1.82) is 0 Å². The number of piperidine rings is 1. The first-order valence-corrected chi connectivity index (χ1v) is 7.66. The van der Waals surface area contributed by atoms with Crippen molar-refractivity contribution in [2.45, 2.75) is 25.3 Å². The summed E-state index contributed by atoms with van der Waals surface area (Å²) in [5.41, 5.74) is 1.73. The normalized spacial score (nSPS) is 18.0. The zero-order chi connectivity index (χ0) is 15.4. The van der Waals surface area contributed by atoms with E-state index in [9.17, 15) is 4.79 Å². The molecule has 3 rings (SSSR count). The Kier molecular flexibility index (Phi) is 4.37. The minimum atomic E-state index is 0.0325. The third-order valence-corrected chi connectivity index (χ3v) is 4.14. The lowest BCUT2D eigenvalue weighted by Crippen LogP contribution is -2.38. The van der Waals surface area contributed by atoms with Gasteiger partial charge in [-0.05, 0) is 37.5 Å². The number of rotatable bonds is 3. The molecular weight excluding hydrogens is 276 g/mol. The third-order valence-electron chi connectivity index (χ3n) is 4.14. The number of carbonyl (C=O) groups is 1.